The second-order valence-corrected chi connectivity index (χ2v) is 13.8. The Labute approximate surface area is 338 Å². The lowest BCUT2D eigenvalue weighted by Crippen LogP contribution is -2.49. The first-order valence-corrected chi connectivity index (χ1v) is 19.1. The van der Waals surface area contributed by atoms with Gasteiger partial charge in [-0.1, -0.05) is 109 Å². The molecule has 8 nitrogen and oxygen atoms in total. The second kappa shape index (κ2) is 22.5. The van der Waals surface area contributed by atoms with Crippen LogP contribution in [0.4, 0.5) is 8.78 Å². The molecule has 0 aliphatic heterocycles. The Bertz CT molecular complexity index is 1880. The van der Waals surface area contributed by atoms with Gasteiger partial charge in [-0.05, 0) is 81.9 Å². The SMILES string of the molecule is O[C@@H]([C@H](O)[C@@H](COCc1ccc(OCc2ccccc2)cc1)OCc1ccc(F)cc1)[C@@H](COCc1ccc(OCc2ccccc2)cc1)OCc1ccc(F)cc1. The van der Waals surface area contributed by atoms with E-state index in [1.807, 2.05) is 109 Å². The third kappa shape index (κ3) is 13.9. The van der Waals surface area contributed by atoms with Crippen molar-refractivity contribution in [1.29, 1.82) is 0 Å². The van der Waals surface area contributed by atoms with Crippen molar-refractivity contribution in [2.24, 2.45) is 0 Å². The summed E-state index contributed by atoms with van der Waals surface area (Å²) in [7, 11) is 0. The van der Waals surface area contributed by atoms with E-state index in [2.05, 4.69) is 0 Å². The maximum atomic E-state index is 13.6. The molecule has 302 valence electrons. The molecular weight excluding hydrogens is 743 g/mol. The molecule has 6 aromatic carbocycles. The van der Waals surface area contributed by atoms with Crippen LogP contribution in [0.5, 0.6) is 11.5 Å². The first-order chi connectivity index (χ1) is 28.4. The lowest BCUT2D eigenvalue weighted by atomic mass is 10.0. The Kier molecular flexibility index (Phi) is 16.3. The predicted molar refractivity (Wildman–Crippen MR) is 216 cm³/mol. The fourth-order valence-corrected chi connectivity index (χ4v) is 5.93. The molecule has 0 saturated heterocycles. The van der Waals surface area contributed by atoms with Crippen LogP contribution in [-0.4, -0.2) is 47.8 Å². The van der Waals surface area contributed by atoms with Gasteiger partial charge in [0, 0.05) is 0 Å². The molecule has 58 heavy (non-hydrogen) atoms. The first-order valence-electron chi connectivity index (χ1n) is 19.1. The number of halogens is 2. The summed E-state index contributed by atoms with van der Waals surface area (Å²) in [6.45, 7) is 1.15. The molecule has 6 rings (SSSR count). The van der Waals surface area contributed by atoms with Crippen molar-refractivity contribution in [3.05, 3.63) is 203 Å². The molecule has 0 fully saturated rings. The van der Waals surface area contributed by atoms with Gasteiger partial charge in [0.15, 0.2) is 0 Å². The molecule has 0 unspecified atom stereocenters. The van der Waals surface area contributed by atoms with E-state index >= 15 is 0 Å². The van der Waals surface area contributed by atoms with Crippen molar-refractivity contribution in [2.45, 2.75) is 64.1 Å². The van der Waals surface area contributed by atoms with Crippen LogP contribution in [0.3, 0.4) is 0 Å². The summed E-state index contributed by atoms with van der Waals surface area (Å²) in [5, 5.41) is 23.3. The van der Waals surface area contributed by atoms with Crippen molar-refractivity contribution < 1.29 is 47.4 Å². The van der Waals surface area contributed by atoms with E-state index in [-0.39, 0.29) is 51.3 Å². The largest absolute Gasteiger partial charge is 0.489 e. The smallest absolute Gasteiger partial charge is 0.123 e. The number of aliphatic hydroxyl groups excluding tert-OH is 2. The summed E-state index contributed by atoms with van der Waals surface area (Å²) in [6.07, 6.45) is -5.02. The Balaban J connectivity index is 1.08. The molecule has 4 atom stereocenters. The highest BCUT2D eigenvalue weighted by atomic mass is 19.1. The van der Waals surface area contributed by atoms with E-state index in [1.54, 1.807) is 24.3 Å². The molecule has 0 saturated carbocycles. The van der Waals surface area contributed by atoms with Crippen LogP contribution >= 0.6 is 0 Å². The Morgan fingerprint density at radius 3 is 1.03 bits per heavy atom. The summed E-state index contributed by atoms with van der Waals surface area (Å²) < 4.78 is 63.3. The Morgan fingerprint density at radius 1 is 0.362 bits per heavy atom. The lowest BCUT2D eigenvalue weighted by Gasteiger charge is -2.32. The fraction of sp³-hybridized carbons (Fsp3) is 0.250. The second-order valence-electron chi connectivity index (χ2n) is 13.8. The summed E-state index contributed by atoms with van der Waals surface area (Å²) in [6, 6.07) is 46.4. The van der Waals surface area contributed by atoms with Crippen LogP contribution in [0.25, 0.3) is 0 Å². The minimum absolute atomic E-state index is 0.0220. The number of aliphatic hydroxyl groups is 2. The minimum Gasteiger partial charge on any atom is -0.489 e. The van der Waals surface area contributed by atoms with Crippen molar-refractivity contribution in [3.8, 4) is 11.5 Å². The van der Waals surface area contributed by atoms with Gasteiger partial charge >= 0.3 is 0 Å². The van der Waals surface area contributed by atoms with Gasteiger partial charge in [0.05, 0.1) is 39.6 Å². The molecule has 0 heterocycles. The average molecular weight is 791 g/mol. The molecule has 0 spiro atoms. The third-order valence-corrected chi connectivity index (χ3v) is 9.31. The summed E-state index contributed by atoms with van der Waals surface area (Å²) in [5.74, 6) is 0.656. The zero-order valence-electron chi connectivity index (χ0n) is 32.1. The molecule has 0 aromatic heterocycles. The van der Waals surface area contributed by atoms with E-state index in [9.17, 15) is 19.0 Å². The van der Waals surface area contributed by atoms with Crippen molar-refractivity contribution in [2.75, 3.05) is 13.2 Å². The lowest BCUT2D eigenvalue weighted by molar-refractivity contribution is -0.170. The summed E-state index contributed by atoms with van der Waals surface area (Å²) in [4.78, 5) is 0. The molecule has 0 aliphatic carbocycles. The van der Waals surface area contributed by atoms with E-state index in [4.69, 9.17) is 28.4 Å². The van der Waals surface area contributed by atoms with Gasteiger partial charge in [0.25, 0.3) is 0 Å². The standard InChI is InChI=1S/C48H48F2O8/c49-41-19-11-39(12-20-41)31-57-45(33-53-27-37-15-23-43(24-16-37)55-29-35-7-3-1-4-8-35)47(51)48(52)46(58-32-40-13-21-42(50)22-14-40)34-54-28-38-17-25-44(26-18-38)56-30-36-9-5-2-6-10-36/h1-26,45-48,51-52H,27-34H2/t45-,46-,47-,48-/m1/s1. The molecule has 2 N–H and O–H groups in total. The maximum Gasteiger partial charge on any atom is 0.123 e. The van der Waals surface area contributed by atoms with Crippen molar-refractivity contribution >= 4 is 0 Å². The molecule has 10 heteroatoms. The number of hydrogen-bond donors (Lipinski definition) is 2. The number of benzene rings is 6. The highest BCUT2D eigenvalue weighted by Crippen LogP contribution is 2.20. The van der Waals surface area contributed by atoms with Gasteiger partial charge in [-0.25, -0.2) is 8.78 Å². The minimum atomic E-state index is -1.49. The highest BCUT2D eigenvalue weighted by molar-refractivity contribution is 5.29. The van der Waals surface area contributed by atoms with Crippen LogP contribution in [0.2, 0.25) is 0 Å². The molecular formula is C48H48F2O8. The Morgan fingerprint density at radius 2 is 0.672 bits per heavy atom. The predicted octanol–water partition coefficient (Wildman–Crippen LogP) is 8.75. The zero-order valence-corrected chi connectivity index (χ0v) is 32.1. The average Bonchev–Trinajstić information content (AvgIpc) is 3.27. The highest BCUT2D eigenvalue weighted by Gasteiger charge is 2.34. The molecule has 0 aliphatic rings. The van der Waals surface area contributed by atoms with Crippen LogP contribution in [0, 0.1) is 11.6 Å². The van der Waals surface area contributed by atoms with Crippen LogP contribution in [0.15, 0.2) is 158 Å². The molecule has 0 bridgehead atoms. The van der Waals surface area contributed by atoms with Gasteiger partial charge in [-0.2, -0.15) is 0 Å². The number of hydrogen-bond acceptors (Lipinski definition) is 8. The first kappa shape index (κ1) is 42.2. The van der Waals surface area contributed by atoms with Crippen LogP contribution in [0.1, 0.15) is 33.4 Å². The number of rotatable bonds is 23. The summed E-state index contributed by atoms with van der Waals surface area (Å²) in [5.41, 5.74) is 5.19. The number of ether oxygens (including phenoxy) is 6. The maximum absolute atomic E-state index is 13.6. The Hall–Kier alpha value is -5.46. The van der Waals surface area contributed by atoms with Crippen LogP contribution in [-0.2, 0) is 58.6 Å². The summed E-state index contributed by atoms with van der Waals surface area (Å²) >= 11 is 0. The van der Waals surface area contributed by atoms with Gasteiger partial charge < -0.3 is 38.6 Å². The zero-order chi connectivity index (χ0) is 40.4. The van der Waals surface area contributed by atoms with Crippen molar-refractivity contribution in [3.63, 3.8) is 0 Å². The van der Waals surface area contributed by atoms with E-state index in [1.165, 1.54) is 24.3 Å². The van der Waals surface area contributed by atoms with Crippen molar-refractivity contribution in [1.82, 2.24) is 0 Å². The van der Waals surface area contributed by atoms with Gasteiger partial charge in [0.2, 0.25) is 0 Å². The van der Waals surface area contributed by atoms with Gasteiger partial charge in [0.1, 0.15) is 60.8 Å². The molecule has 0 amide bonds. The quantitative estimate of drug-likeness (QED) is 0.0666. The van der Waals surface area contributed by atoms with E-state index in [0.29, 0.717) is 35.8 Å². The van der Waals surface area contributed by atoms with Gasteiger partial charge in [-0.3, -0.25) is 0 Å². The van der Waals surface area contributed by atoms with Crippen LogP contribution < -0.4 is 9.47 Å². The topological polar surface area (TPSA) is 95.8 Å². The van der Waals surface area contributed by atoms with Gasteiger partial charge in [-0.15, -0.1) is 0 Å². The van der Waals surface area contributed by atoms with E-state index < -0.39 is 24.4 Å². The molecule has 6 aromatic rings. The molecule has 0 radical (unpaired) electrons. The third-order valence-electron chi connectivity index (χ3n) is 9.31. The van der Waals surface area contributed by atoms with E-state index in [0.717, 1.165) is 22.3 Å². The monoisotopic (exact) mass is 790 g/mol. The normalized spacial score (nSPS) is 13.4. The fourth-order valence-electron chi connectivity index (χ4n) is 5.93.